The molecule has 1 heterocycles. The van der Waals surface area contributed by atoms with Crippen molar-refractivity contribution in [3.05, 3.63) is 0 Å². The van der Waals surface area contributed by atoms with Crippen molar-refractivity contribution >= 4 is 5.91 Å². The Hall–Kier alpha value is -0.570. The van der Waals surface area contributed by atoms with E-state index in [1.54, 1.807) is 0 Å². The maximum Gasteiger partial charge on any atom is 0.242 e. The number of carbonyl (C=O) groups excluding carboxylic acids is 1. The highest BCUT2D eigenvalue weighted by Crippen LogP contribution is 2.45. The van der Waals surface area contributed by atoms with Gasteiger partial charge in [0.25, 0.3) is 0 Å². The number of likely N-dealkylation sites (tertiary alicyclic amines) is 1. The van der Waals surface area contributed by atoms with Crippen LogP contribution in [0.2, 0.25) is 0 Å². The second kappa shape index (κ2) is 3.23. The Morgan fingerprint density at radius 3 is 2.71 bits per heavy atom. The summed E-state index contributed by atoms with van der Waals surface area (Å²) in [5.74, 6) is 2.02. The zero-order valence-electron chi connectivity index (χ0n) is 9.34. The zero-order valence-corrected chi connectivity index (χ0v) is 9.34. The Balaban J connectivity index is 1.97. The van der Waals surface area contributed by atoms with E-state index in [0.717, 1.165) is 24.9 Å². The Bertz CT molecular complexity index is 250. The molecule has 3 heteroatoms. The molecule has 0 radical (unpaired) electrons. The molecule has 80 valence electrons. The van der Waals surface area contributed by atoms with Gasteiger partial charge >= 0.3 is 0 Å². The number of nitrogens with one attached hydrogen (secondary N) is 1. The van der Waals surface area contributed by atoms with Crippen molar-refractivity contribution in [2.75, 3.05) is 20.1 Å². The van der Waals surface area contributed by atoms with Crippen LogP contribution in [0.4, 0.5) is 0 Å². The van der Waals surface area contributed by atoms with Crippen LogP contribution in [0.25, 0.3) is 0 Å². The summed E-state index contributed by atoms with van der Waals surface area (Å²) in [5, 5.41) is 3.08. The van der Waals surface area contributed by atoms with Crippen molar-refractivity contribution in [2.24, 2.45) is 11.8 Å². The average Bonchev–Trinajstić information content (AvgIpc) is 2.94. The SMILES string of the molecule is CNC(C)(C)C(=O)N1CCC2CC2C1. The number of rotatable bonds is 2. The first-order chi connectivity index (χ1) is 6.54. The van der Waals surface area contributed by atoms with Gasteiger partial charge in [-0.15, -0.1) is 0 Å². The minimum Gasteiger partial charge on any atom is -0.341 e. The van der Waals surface area contributed by atoms with Crippen LogP contribution in [0.15, 0.2) is 0 Å². The van der Waals surface area contributed by atoms with E-state index in [1.807, 2.05) is 25.8 Å². The Morgan fingerprint density at radius 2 is 2.14 bits per heavy atom. The average molecular weight is 196 g/mol. The van der Waals surface area contributed by atoms with E-state index in [0.29, 0.717) is 0 Å². The molecule has 1 amide bonds. The molecule has 0 aromatic carbocycles. The van der Waals surface area contributed by atoms with Crippen molar-refractivity contribution in [3.8, 4) is 0 Å². The maximum absolute atomic E-state index is 12.1. The third-order valence-electron chi connectivity index (χ3n) is 3.74. The van der Waals surface area contributed by atoms with Gasteiger partial charge in [-0.05, 0) is 45.6 Å². The lowest BCUT2D eigenvalue weighted by Gasteiger charge is -2.33. The van der Waals surface area contributed by atoms with Gasteiger partial charge in [0.2, 0.25) is 5.91 Å². The third-order valence-corrected chi connectivity index (χ3v) is 3.74. The van der Waals surface area contributed by atoms with Crippen molar-refractivity contribution in [2.45, 2.75) is 32.2 Å². The Kier molecular flexibility index (Phi) is 2.30. The number of likely N-dealkylation sites (N-methyl/N-ethyl adjacent to an activating group) is 1. The first-order valence-corrected chi connectivity index (χ1v) is 5.53. The van der Waals surface area contributed by atoms with Gasteiger partial charge in [-0.2, -0.15) is 0 Å². The van der Waals surface area contributed by atoms with Crippen molar-refractivity contribution in [3.63, 3.8) is 0 Å². The van der Waals surface area contributed by atoms with Gasteiger partial charge in [0.1, 0.15) is 0 Å². The number of carbonyl (C=O) groups is 1. The van der Waals surface area contributed by atoms with Gasteiger partial charge in [-0.1, -0.05) is 0 Å². The molecule has 2 aliphatic rings. The molecule has 1 saturated carbocycles. The largest absolute Gasteiger partial charge is 0.341 e. The molecule has 1 aliphatic carbocycles. The molecule has 0 aromatic heterocycles. The normalized spacial score (nSPS) is 31.2. The van der Waals surface area contributed by atoms with Crippen LogP contribution < -0.4 is 5.32 Å². The van der Waals surface area contributed by atoms with Gasteiger partial charge < -0.3 is 10.2 Å². The number of nitrogens with zero attached hydrogens (tertiary/aromatic N) is 1. The van der Waals surface area contributed by atoms with Crippen molar-refractivity contribution < 1.29 is 4.79 Å². The molecule has 2 atom stereocenters. The second-order valence-corrected chi connectivity index (χ2v) is 5.17. The molecule has 2 unspecified atom stereocenters. The van der Waals surface area contributed by atoms with E-state index < -0.39 is 5.54 Å². The molecule has 1 saturated heterocycles. The zero-order chi connectivity index (χ0) is 10.3. The van der Waals surface area contributed by atoms with Crippen LogP contribution in [0.1, 0.15) is 26.7 Å². The van der Waals surface area contributed by atoms with Gasteiger partial charge in [0, 0.05) is 13.1 Å². The summed E-state index contributed by atoms with van der Waals surface area (Å²) < 4.78 is 0. The molecule has 0 aromatic rings. The van der Waals surface area contributed by atoms with E-state index >= 15 is 0 Å². The molecule has 14 heavy (non-hydrogen) atoms. The van der Waals surface area contributed by atoms with E-state index in [4.69, 9.17) is 0 Å². The molecule has 1 aliphatic heterocycles. The first-order valence-electron chi connectivity index (χ1n) is 5.53. The van der Waals surface area contributed by atoms with E-state index in [1.165, 1.54) is 12.8 Å². The molecule has 2 rings (SSSR count). The first kappa shape index (κ1) is 9.97. The van der Waals surface area contributed by atoms with Crippen LogP contribution in [0.5, 0.6) is 0 Å². The highest BCUT2D eigenvalue weighted by atomic mass is 16.2. The van der Waals surface area contributed by atoms with Crippen LogP contribution in [0.3, 0.4) is 0 Å². The maximum atomic E-state index is 12.1. The Labute approximate surface area is 85.8 Å². The highest BCUT2D eigenvalue weighted by Gasteiger charge is 2.44. The molecule has 0 spiro atoms. The summed E-state index contributed by atoms with van der Waals surface area (Å²) in [5.41, 5.74) is -0.401. The summed E-state index contributed by atoms with van der Waals surface area (Å²) in [6.07, 6.45) is 2.57. The lowest BCUT2D eigenvalue weighted by Crippen LogP contribution is -2.54. The molecule has 3 nitrogen and oxygen atoms in total. The molecule has 2 fully saturated rings. The molecular formula is C11H20N2O. The number of piperidine rings is 1. The third kappa shape index (κ3) is 1.65. The van der Waals surface area contributed by atoms with Gasteiger partial charge in [0.05, 0.1) is 5.54 Å². The number of hydrogen-bond donors (Lipinski definition) is 1. The minimum absolute atomic E-state index is 0.255. The summed E-state index contributed by atoms with van der Waals surface area (Å²) in [6.45, 7) is 5.86. The molecule has 1 N–H and O–H groups in total. The van der Waals surface area contributed by atoms with Crippen LogP contribution in [-0.2, 0) is 4.79 Å². The predicted molar refractivity (Wildman–Crippen MR) is 55.9 cm³/mol. The fraction of sp³-hybridized carbons (Fsp3) is 0.909. The summed E-state index contributed by atoms with van der Waals surface area (Å²) >= 11 is 0. The van der Waals surface area contributed by atoms with Gasteiger partial charge in [-0.3, -0.25) is 4.79 Å². The lowest BCUT2D eigenvalue weighted by molar-refractivity contribution is -0.138. The van der Waals surface area contributed by atoms with Crippen LogP contribution in [0, 0.1) is 11.8 Å². The lowest BCUT2D eigenvalue weighted by atomic mass is 10.0. The summed E-state index contributed by atoms with van der Waals surface area (Å²) in [4.78, 5) is 14.1. The predicted octanol–water partition coefficient (Wildman–Crippen LogP) is 0.853. The monoisotopic (exact) mass is 196 g/mol. The fourth-order valence-corrected chi connectivity index (χ4v) is 2.27. The minimum atomic E-state index is -0.401. The topological polar surface area (TPSA) is 32.3 Å². The summed E-state index contributed by atoms with van der Waals surface area (Å²) in [7, 11) is 1.85. The van der Waals surface area contributed by atoms with E-state index in [-0.39, 0.29) is 5.91 Å². The highest BCUT2D eigenvalue weighted by molar-refractivity contribution is 5.85. The fourth-order valence-electron chi connectivity index (χ4n) is 2.27. The smallest absolute Gasteiger partial charge is 0.242 e. The van der Waals surface area contributed by atoms with Gasteiger partial charge in [-0.25, -0.2) is 0 Å². The quantitative estimate of drug-likeness (QED) is 0.710. The van der Waals surface area contributed by atoms with Crippen molar-refractivity contribution in [1.29, 1.82) is 0 Å². The van der Waals surface area contributed by atoms with Gasteiger partial charge in [0.15, 0.2) is 0 Å². The van der Waals surface area contributed by atoms with E-state index in [9.17, 15) is 4.79 Å². The number of fused-ring (bicyclic) bond motifs is 1. The molecule has 0 bridgehead atoms. The summed E-state index contributed by atoms with van der Waals surface area (Å²) in [6, 6.07) is 0. The Morgan fingerprint density at radius 1 is 1.43 bits per heavy atom. The van der Waals surface area contributed by atoms with Crippen LogP contribution >= 0.6 is 0 Å². The van der Waals surface area contributed by atoms with Crippen molar-refractivity contribution in [1.82, 2.24) is 10.2 Å². The van der Waals surface area contributed by atoms with Crippen LogP contribution in [-0.4, -0.2) is 36.5 Å². The molecular weight excluding hydrogens is 176 g/mol. The van der Waals surface area contributed by atoms with E-state index in [2.05, 4.69) is 5.32 Å². The number of amides is 1. The standard InChI is InChI=1S/C11H20N2O/c1-11(2,12-3)10(14)13-5-4-8-6-9(8)7-13/h8-9,12H,4-7H2,1-3H3. The second-order valence-electron chi connectivity index (χ2n) is 5.17. The number of hydrogen-bond acceptors (Lipinski definition) is 2.